The first-order valence-corrected chi connectivity index (χ1v) is 7.57. The fraction of sp³-hybridized carbons (Fsp3) is 0.167. The Morgan fingerprint density at radius 2 is 1.67 bits per heavy atom. The van der Waals surface area contributed by atoms with E-state index >= 15 is 0 Å². The standard InChI is InChI=1S/C18H14Cl2O/c19-18(20)12-16(18)14-7-9-15(10-8-14)17(21)11-6-13-4-2-1-3-5-13/h1-11,16H,12H2/b11-6+/t16-/m1/s1. The largest absolute Gasteiger partial charge is 0.289 e. The summed E-state index contributed by atoms with van der Waals surface area (Å²) in [7, 11) is 0. The first-order chi connectivity index (χ1) is 10.1. The number of carbonyl (C=O) groups is 1. The van der Waals surface area contributed by atoms with Crippen LogP contribution in [-0.2, 0) is 0 Å². The van der Waals surface area contributed by atoms with Crippen LogP contribution in [0.4, 0.5) is 0 Å². The van der Waals surface area contributed by atoms with E-state index in [1.807, 2.05) is 60.7 Å². The average molecular weight is 317 g/mol. The molecule has 1 fully saturated rings. The van der Waals surface area contributed by atoms with Gasteiger partial charge in [-0.25, -0.2) is 0 Å². The molecule has 0 spiro atoms. The molecule has 2 aromatic rings. The topological polar surface area (TPSA) is 17.1 Å². The molecule has 0 N–H and O–H groups in total. The molecule has 0 unspecified atom stereocenters. The van der Waals surface area contributed by atoms with Crippen LogP contribution in [0, 0.1) is 0 Å². The van der Waals surface area contributed by atoms with Crippen molar-refractivity contribution in [2.24, 2.45) is 0 Å². The SMILES string of the molecule is O=C(/C=C/c1ccccc1)c1ccc([C@H]2CC2(Cl)Cl)cc1. The Morgan fingerprint density at radius 1 is 1.05 bits per heavy atom. The van der Waals surface area contributed by atoms with Gasteiger partial charge in [-0.1, -0.05) is 60.7 Å². The van der Waals surface area contributed by atoms with E-state index in [0.29, 0.717) is 5.56 Å². The second kappa shape index (κ2) is 5.67. The predicted octanol–water partition coefficient (Wildman–Crippen LogP) is 5.24. The van der Waals surface area contributed by atoms with Crippen molar-refractivity contribution in [2.75, 3.05) is 0 Å². The minimum Gasteiger partial charge on any atom is -0.289 e. The van der Waals surface area contributed by atoms with Gasteiger partial charge in [0.15, 0.2) is 5.78 Å². The zero-order chi connectivity index (χ0) is 14.9. The molecule has 106 valence electrons. The van der Waals surface area contributed by atoms with Crippen molar-refractivity contribution in [1.82, 2.24) is 0 Å². The van der Waals surface area contributed by atoms with Gasteiger partial charge in [0.2, 0.25) is 0 Å². The van der Waals surface area contributed by atoms with Crippen LogP contribution < -0.4 is 0 Å². The van der Waals surface area contributed by atoms with Crippen molar-refractivity contribution in [1.29, 1.82) is 0 Å². The van der Waals surface area contributed by atoms with E-state index in [2.05, 4.69) is 0 Å². The van der Waals surface area contributed by atoms with Gasteiger partial charge in [0.25, 0.3) is 0 Å². The second-order valence-corrected chi connectivity index (χ2v) is 6.79. The maximum absolute atomic E-state index is 12.1. The van der Waals surface area contributed by atoms with Gasteiger partial charge in [-0.2, -0.15) is 0 Å². The van der Waals surface area contributed by atoms with Crippen LogP contribution in [0.15, 0.2) is 60.7 Å². The molecule has 1 saturated carbocycles. The first-order valence-electron chi connectivity index (χ1n) is 6.81. The van der Waals surface area contributed by atoms with E-state index in [-0.39, 0.29) is 11.7 Å². The van der Waals surface area contributed by atoms with Gasteiger partial charge in [-0.15, -0.1) is 23.2 Å². The van der Waals surface area contributed by atoms with Gasteiger partial charge in [0.05, 0.1) is 0 Å². The summed E-state index contributed by atoms with van der Waals surface area (Å²) in [5.41, 5.74) is 2.76. The molecule has 0 amide bonds. The minimum absolute atomic E-state index is 0.00999. The molecule has 0 bridgehead atoms. The molecule has 0 aliphatic heterocycles. The molecule has 0 radical (unpaired) electrons. The number of rotatable bonds is 4. The Kier molecular flexibility index (Phi) is 3.88. The highest BCUT2D eigenvalue weighted by Crippen LogP contribution is 2.59. The molecule has 0 saturated heterocycles. The summed E-state index contributed by atoms with van der Waals surface area (Å²) in [5, 5.41) is 0. The Labute approximate surface area is 134 Å². The molecule has 1 aliphatic carbocycles. The maximum atomic E-state index is 12.1. The number of allylic oxidation sites excluding steroid dienone is 1. The fourth-order valence-electron chi connectivity index (χ4n) is 2.29. The molecular weight excluding hydrogens is 303 g/mol. The summed E-state index contributed by atoms with van der Waals surface area (Å²) in [5.74, 6) is 0.175. The lowest BCUT2D eigenvalue weighted by Crippen LogP contribution is -1.95. The zero-order valence-corrected chi connectivity index (χ0v) is 12.8. The molecule has 1 aliphatic rings. The Morgan fingerprint density at radius 3 is 2.24 bits per heavy atom. The van der Waals surface area contributed by atoms with E-state index in [4.69, 9.17) is 23.2 Å². The summed E-state index contributed by atoms with van der Waals surface area (Å²) in [6.45, 7) is 0. The molecule has 0 heterocycles. The van der Waals surface area contributed by atoms with Gasteiger partial charge in [-0.05, 0) is 23.6 Å². The van der Waals surface area contributed by atoms with Gasteiger partial charge in [0.1, 0.15) is 4.33 Å². The molecule has 2 aromatic carbocycles. The molecular formula is C18H14Cl2O. The molecule has 3 heteroatoms. The number of hydrogen-bond donors (Lipinski definition) is 0. The lowest BCUT2D eigenvalue weighted by atomic mass is 10.0. The number of benzene rings is 2. The third-order valence-electron chi connectivity index (χ3n) is 3.65. The van der Waals surface area contributed by atoms with Gasteiger partial charge >= 0.3 is 0 Å². The number of hydrogen-bond acceptors (Lipinski definition) is 1. The van der Waals surface area contributed by atoms with E-state index in [9.17, 15) is 4.79 Å². The van der Waals surface area contributed by atoms with E-state index in [0.717, 1.165) is 17.5 Å². The smallest absolute Gasteiger partial charge is 0.185 e. The highest BCUT2D eigenvalue weighted by atomic mass is 35.5. The second-order valence-electron chi connectivity index (χ2n) is 5.25. The Hall–Kier alpha value is -1.57. The molecule has 1 atom stereocenters. The third kappa shape index (κ3) is 3.37. The summed E-state index contributed by atoms with van der Waals surface area (Å²) in [6.07, 6.45) is 4.19. The van der Waals surface area contributed by atoms with Gasteiger partial charge in [-0.3, -0.25) is 4.79 Å². The first kappa shape index (κ1) is 14.4. The quantitative estimate of drug-likeness (QED) is 0.428. The molecule has 3 rings (SSSR count). The van der Waals surface area contributed by atoms with Gasteiger partial charge < -0.3 is 0 Å². The number of ketones is 1. The van der Waals surface area contributed by atoms with Crippen molar-refractivity contribution in [2.45, 2.75) is 16.7 Å². The average Bonchev–Trinajstić information content (AvgIpc) is 3.15. The van der Waals surface area contributed by atoms with Crippen LogP contribution in [0.2, 0.25) is 0 Å². The molecule has 0 aromatic heterocycles. The van der Waals surface area contributed by atoms with Crippen LogP contribution in [0.3, 0.4) is 0 Å². The Bertz CT molecular complexity index is 672. The summed E-state index contributed by atoms with van der Waals surface area (Å²) < 4.78 is -0.626. The molecule has 21 heavy (non-hydrogen) atoms. The van der Waals surface area contributed by atoms with E-state index in [1.54, 1.807) is 6.08 Å². The van der Waals surface area contributed by atoms with E-state index in [1.165, 1.54) is 0 Å². The van der Waals surface area contributed by atoms with Crippen LogP contribution in [-0.4, -0.2) is 10.1 Å². The maximum Gasteiger partial charge on any atom is 0.185 e. The zero-order valence-electron chi connectivity index (χ0n) is 11.3. The van der Waals surface area contributed by atoms with Crippen molar-refractivity contribution in [3.63, 3.8) is 0 Å². The van der Waals surface area contributed by atoms with Crippen molar-refractivity contribution in [3.05, 3.63) is 77.4 Å². The highest BCUT2D eigenvalue weighted by molar-refractivity contribution is 6.51. The number of alkyl halides is 2. The monoisotopic (exact) mass is 316 g/mol. The lowest BCUT2D eigenvalue weighted by molar-refractivity contribution is 0.104. The van der Waals surface area contributed by atoms with Crippen LogP contribution in [0.5, 0.6) is 0 Å². The summed E-state index contributed by atoms with van der Waals surface area (Å²) in [6, 6.07) is 17.3. The Balaban J connectivity index is 1.69. The normalized spacial score (nSPS) is 19.6. The predicted molar refractivity (Wildman–Crippen MR) is 88.0 cm³/mol. The lowest BCUT2D eigenvalue weighted by Gasteiger charge is -2.02. The van der Waals surface area contributed by atoms with Crippen molar-refractivity contribution in [3.8, 4) is 0 Å². The minimum atomic E-state index is -0.626. The van der Waals surface area contributed by atoms with Crippen molar-refractivity contribution < 1.29 is 4.79 Å². The summed E-state index contributed by atoms with van der Waals surface area (Å²) in [4.78, 5) is 12.1. The molecule has 1 nitrogen and oxygen atoms in total. The van der Waals surface area contributed by atoms with Crippen LogP contribution >= 0.6 is 23.2 Å². The van der Waals surface area contributed by atoms with Crippen LogP contribution in [0.1, 0.15) is 33.8 Å². The summed E-state index contributed by atoms with van der Waals surface area (Å²) >= 11 is 12.1. The van der Waals surface area contributed by atoms with Gasteiger partial charge in [0, 0.05) is 11.5 Å². The fourth-order valence-corrected chi connectivity index (χ4v) is 2.85. The third-order valence-corrected chi connectivity index (χ3v) is 4.49. The number of carbonyl (C=O) groups excluding carboxylic acids is 1. The van der Waals surface area contributed by atoms with Crippen LogP contribution in [0.25, 0.3) is 6.08 Å². The highest BCUT2D eigenvalue weighted by Gasteiger charge is 2.52. The van der Waals surface area contributed by atoms with Crippen molar-refractivity contribution >= 4 is 35.1 Å². The number of halogens is 2. The van der Waals surface area contributed by atoms with E-state index < -0.39 is 4.33 Å².